The first kappa shape index (κ1) is 15.9. The van der Waals surface area contributed by atoms with E-state index in [1.165, 1.54) is 6.08 Å². The summed E-state index contributed by atoms with van der Waals surface area (Å²) in [6.07, 6.45) is 7.98. The van der Waals surface area contributed by atoms with Crippen LogP contribution in [0.15, 0.2) is 36.1 Å². The van der Waals surface area contributed by atoms with Crippen LogP contribution in [-0.4, -0.2) is 23.7 Å². The topological polar surface area (TPSA) is 98.3 Å². The second-order valence-electron chi connectivity index (χ2n) is 4.35. The van der Waals surface area contributed by atoms with E-state index in [1.54, 1.807) is 12.2 Å². The van der Waals surface area contributed by atoms with Crippen LogP contribution in [-0.2, 0) is 0 Å². The van der Waals surface area contributed by atoms with Crippen molar-refractivity contribution in [1.82, 2.24) is 0 Å². The lowest BCUT2D eigenvalue weighted by atomic mass is 10.2. The van der Waals surface area contributed by atoms with E-state index in [0.29, 0.717) is 18.6 Å². The Morgan fingerprint density at radius 1 is 1.29 bits per heavy atom. The molecule has 17 heavy (non-hydrogen) atoms. The van der Waals surface area contributed by atoms with Gasteiger partial charge in [-0.15, -0.1) is 0 Å². The predicted molar refractivity (Wildman–Crippen MR) is 73.5 cm³/mol. The van der Waals surface area contributed by atoms with Gasteiger partial charge in [0.05, 0.1) is 0 Å². The third-order valence-corrected chi connectivity index (χ3v) is 2.58. The maximum atomic E-state index is 8.86. The normalized spacial score (nSPS) is 25.2. The zero-order valence-electron chi connectivity index (χ0n) is 10.6. The Balaban J connectivity index is 0.000000318. The molecule has 0 amide bonds. The Morgan fingerprint density at radius 2 is 1.82 bits per heavy atom. The van der Waals surface area contributed by atoms with Gasteiger partial charge in [0.25, 0.3) is 0 Å². The lowest BCUT2D eigenvalue weighted by Crippen LogP contribution is -2.20. The standard InChI is InChI=1S/C8H13NO.C5H12N2/c1-3-8(10)5-4-7(2)6-9;6-4-1-2-5(7)3-4/h3-5,10H,1,6,9H2,2H3;4-5H,1-3,6-7H2/b7-4+,8-5+;/t;4-,5+. The molecule has 1 aliphatic rings. The van der Waals surface area contributed by atoms with Crippen LogP contribution in [0, 0.1) is 0 Å². The van der Waals surface area contributed by atoms with Crippen LogP contribution in [0.25, 0.3) is 0 Å². The van der Waals surface area contributed by atoms with Gasteiger partial charge in [-0.2, -0.15) is 0 Å². The average Bonchev–Trinajstić information content (AvgIpc) is 2.70. The van der Waals surface area contributed by atoms with Gasteiger partial charge >= 0.3 is 0 Å². The van der Waals surface area contributed by atoms with Gasteiger partial charge in [0, 0.05) is 18.6 Å². The number of rotatable bonds is 3. The molecule has 0 spiro atoms. The molecule has 0 aromatic heterocycles. The average molecular weight is 239 g/mol. The molecule has 0 saturated heterocycles. The molecular formula is C13H25N3O. The lowest BCUT2D eigenvalue weighted by molar-refractivity contribution is 0.433. The van der Waals surface area contributed by atoms with Crippen molar-refractivity contribution in [3.63, 3.8) is 0 Å². The molecule has 1 aliphatic carbocycles. The Labute approximate surface area is 104 Å². The van der Waals surface area contributed by atoms with E-state index in [9.17, 15) is 0 Å². The van der Waals surface area contributed by atoms with Gasteiger partial charge in [0.1, 0.15) is 5.76 Å². The fourth-order valence-corrected chi connectivity index (χ4v) is 1.42. The Hall–Kier alpha value is -1.10. The first-order chi connectivity index (χ1) is 7.99. The molecule has 0 aromatic carbocycles. The van der Waals surface area contributed by atoms with Crippen molar-refractivity contribution in [2.24, 2.45) is 17.2 Å². The number of hydrogen-bond donors (Lipinski definition) is 4. The molecule has 0 radical (unpaired) electrons. The maximum absolute atomic E-state index is 8.86. The van der Waals surface area contributed by atoms with Crippen LogP contribution in [0.3, 0.4) is 0 Å². The van der Waals surface area contributed by atoms with E-state index < -0.39 is 0 Å². The molecular weight excluding hydrogens is 214 g/mol. The summed E-state index contributed by atoms with van der Waals surface area (Å²) in [4.78, 5) is 0. The fraction of sp³-hybridized carbons (Fsp3) is 0.538. The van der Waals surface area contributed by atoms with Gasteiger partial charge in [0.15, 0.2) is 0 Å². The summed E-state index contributed by atoms with van der Waals surface area (Å²) in [5.41, 5.74) is 17.4. The summed E-state index contributed by atoms with van der Waals surface area (Å²) in [5, 5.41) is 8.86. The predicted octanol–water partition coefficient (Wildman–Crippen LogP) is 1.34. The molecule has 0 unspecified atom stereocenters. The highest BCUT2D eigenvalue weighted by Crippen LogP contribution is 2.13. The lowest BCUT2D eigenvalue weighted by Gasteiger charge is -1.97. The number of aliphatic hydroxyl groups is 1. The third-order valence-electron chi connectivity index (χ3n) is 2.58. The van der Waals surface area contributed by atoms with E-state index in [0.717, 1.165) is 24.8 Å². The van der Waals surface area contributed by atoms with Gasteiger partial charge < -0.3 is 22.3 Å². The Morgan fingerprint density at radius 3 is 2.12 bits per heavy atom. The molecule has 4 nitrogen and oxygen atoms in total. The van der Waals surface area contributed by atoms with Crippen molar-refractivity contribution in [2.75, 3.05) is 6.54 Å². The summed E-state index contributed by atoms with van der Waals surface area (Å²) in [7, 11) is 0. The molecule has 7 N–H and O–H groups in total. The number of hydrogen-bond acceptors (Lipinski definition) is 4. The Bertz CT molecular complexity index is 276. The van der Waals surface area contributed by atoms with Gasteiger partial charge in [-0.05, 0) is 38.3 Å². The quantitative estimate of drug-likeness (QED) is 0.441. The van der Waals surface area contributed by atoms with Gasteiger partial charge in [0.2, 0.25) is 0 Å². The van der Waals surface area contributed by atoms with Crippen molar-refractivity contribution in [3.8, 4) is 0 Å². The zero-order chi connectivity index (χ0) is 13.3. The minimum Gasteiger partial charge on any atom is -0.508 e. The van der Waals surface area contributed by atoms with Crippen molar-refractivity contribution < 1.29 is 5.11 Å². The molecule has 1 saturated carbocycles. The Kier molecular flexibility index (Phi) is 8.40. The molecule has 0 aromatic rings. The highest BCUT2D eigenvalue weighted by atomic mass is 16.3. The van der Waals surface area contributed by atoms with Gasteiger partial charge in [-0.1, -0.05) is 18.2 Å². The molecule has 98 valence electrons. The van der Waals surface area contributed by atoms with Crippen LogP contribution < -0.4 is 17.2 Å². The molecule has 0 aliphatic heterocycles. The highest BCUT2D eigenvalue weighted by Gasteiger charge is 2.16. The van der Waals surface area contributed by atoms with E-state index >= 15 is 0 Å². The van der Waals surface area contributed by atoms with Crippen molar-refractivity contribution in [2.45, 2.75) is 38.3 Å². The van der Waals surface area contributed by atoms with E-state index in [2.05, 4.69) is 6.58 Å². The second-order valence-corrected chi connectivity index (χ2v) is 4.35. The van der Waals surface area contributed by atoms with Gasteiger partial charge in [-0.25, -0.2) is 0 Å². The summed E-state index contributed by atoms with van der Waals surface area (Å²) < 4.78 is 0. The number of allylic oxidation sites excluding steroid dienone is 3. The zero-order valence-corrected chi connectivity index (χ0v) is 10.6. The monoisotopic (exact) mass is 239 g/mol. The van der Waals surface area contributed by atoms with Crippen molar-refractivity contribution in [3.05, 3.63) is 36.1 Å². The minimum absolute atomic E-state index is 0.160. The molecule has 2 atom stereocenters. The van der Waals surface area contributed by atoms with Gasteiger partial charge in [-0.3, -0.25) is 0 Å². The van der Waals surface area contributed by atoms with E-state index in [4.69, 9.17) is 22.3 Å². The second kappa shape index (κ2) is 8.98. The minimum atomic E-state index is 0.160. The molecule has 0 heterocycles. The SMILES string of the molecule is C=C/C(O)=C\C=C(/C)CN.N[C@@H]1CC[C@H](N)C1. The fourth-order valence-electron chi connectivity index (χ4n) is 1.42. The van der Waals surface area contributed by atoms with Crippen molar-refractivity contribution in [1.29, 1.82) is 0 Å². The summed E-state index contributed by atoms with van der Waals surface area (Å²) in [6.45, 7) is 5.80. The third kappa shape index (κ3) is 8.68. The first-order valence-corrected chi connectivity index (χ1v) is 5.89. The summed E-state index contributed by atoms with van der Waals surface area (Å²) in [6, 6.07) is 0.796. The van der Waals surface area contributed by atoms with Crippen LogP contribution in [0.1, 0.15) is 26.2 Å². The highest BCUT2D eigenvalue weighted by molar-refractivity contribution is 5.18. The van der Waals surface area contributed by atoms with Crippen LogP contribution in [0.2, 0.25) is 0 Å². The molecule has 0 bridgehead atoms. The van der Waals surface area contributed by atoms with Crippen LogP contribution in [0.4, 0.5) is 0 Å². The maximum Gasteiger partial charge on any atom is 0.114 e. The van der Waals surface area contributed by atoms with Crippen LogP contribution >= 0.6 is 0 Å². The summed E-state index contributed by atoms with van der Waals surface area (Å²) in [5.74, 6) is 0.160. The number of aliphatic hydroxyl groups excluding tert-OH is 1. The summed E-state index contributed by atoms with van der Waals surface area (Å²) >= 11 is 0. The number of nitrogens with two attached hydrogens (primary N) is 3. The first-order valence-electron chi connectivity index (χ1n) is 5.89. The largest absolute Gasteiger partial charge is 0.508 e. The molecule has 1 fully saturated rings. The van der Waals surface area contributed by atoms with E-state index in [1.807, 2.05) is 6.92 Å². The van der Waals surface area contributed by atoms with Crippen molar-refractivity contribution >= 4 is 0 Å². The smallest absolute Gasteiger partial charge is 0.114 e. The molecule has 4 heteroatoms. The van der Waals surface area contributed by atoms with E-state index in [-0.39, 0.29) is 5.76 Å². The van der Waals surface area contributed by atoms with Crippen LogP contribution in [0.5, 0.6) is 0 Å². The molecule has 1 rings (SSSR count).